The Hall–Kier alpha value is -2.75. The monoisotopic (exact) mass is 279 g/mol. The van der Waals surface area contributed by atoms with Gasteiger partial charge in [-0.05, 0) is 23.6 Å². The number of nitrogens with one attached hydrogen (secondary N) is 1. The van der Waals surface area contributed by atoms with E-state index < -0.39 is 0 Å². The van der Waals surface area contributed by atoms with Crippen molar-refractivity contribution >= 4 is 22.3 Å². The number of anilines is 2. The van der Waals surface area contributed by atoms with Crippen molar-refractivity contribution in [3.05, 3.63) is 60.8 Å². The number of nitrogens with two attached hydrogens (primary N) is 1. The molecule has 0 spiro atoms. The first kappa shape index (κ1) is 13.2. The van der Waals surface area contributed by atoms with Gasteiger partial charge in [0, 0.05) is 11.6 Å². The third-order valence-corrected chi connectivity index (χ3v) is 3.24. The topological polar surface area (TPSA) is 60.2 Å². The van der Waals surface area contributed by atoms with Crippen molar-refractivity contribution in [1.29, 1.82) is 0 Å². The van der Waals surface area contributed by atoms with Crippen molar-refractivity contribution in [3.63, 3.8) is 0 Å². The summed E-state index contributed by atoms with van der Waals surface area (Å²) in [5.74, 6) is 1.59. The average Bonchev–Trinajstić information content (AvgIpc) is 2.53. The predicted molar refractivity (Wildman–Crippen MR) is 86.6 cm³/mol. The molecule has 3 rings (SSSR count). The number of hydrogen-bond acceptors (Lipinski definition) is 4. The lowest BCUT2D eigenvalue weighted by molar-refractivity contribution is 0.334. The Bertz CT molecular complexity index is 737. The zero-order valence-electron chi connectivity index (χ0n) is 11.6. The van der Waals surface area contributed by atoms with Gasteiger partial charge in [-0.15, -0.1) is 0 Å². The number of benzene rings is 2. The Labute approximate surface area is 123 Å². The van der Waals surface area contributed by atoms with Gasteiger partial charge in [0.15, 0.2) is 0 Å². The molecule has 2 aromatic carbocycles. The molecule has 0 saturated carbocycles. The van der Waals surface area contributed by atoms with E-state index in [0.29, 0.717) is 24.6 Å². The van der Waals surface area contributed by atoms with Gasteiger partial charge >= 0.3 is 0 Å². The highest BCUT2D eigenvalue weighted by Crippen LogP contribution is 2.21. The van der Waals surface area contributed by atoms with Gasteiger partial charge in [0.05, 0.1) is 12.2 Å². The van der Waals surface area contributed by atoms with E-state index in [9.17, 15) is 0 Å². The van der Waals surface area contributed by atoms with Gasteiger partial charge in [-0.3, -0.25) is 0 Å². The van der Waals surface area contributed by atoms with Crippen LogP contribution in [0.1, 0.15) is 0 Å². The number of pyridine rings is 1. The summed E-state index contributed by atoms with van der Waals surface area (Å²) in [4.78, 5) is 4.38. The number of fused-ring (bicyclic) bond motifs is 1. The maximum absolute atomic E-state index is 5.83. The minimum Gasteiger partial charge on any atom is -0.490 e. The van der Waals surface area contributed by atoms with Crippen LogP contribution in [0.2, 0.25) is 0 Å². The van der Waals surface area contributed by atoms with Crippen LogP contribution in [0.25, 0.3) is 10.8 Å². The van der Waals surface area contributed by atoms with Gasteiger partial charge in [-0.1, -0.05) is 36.4 Å². The van der Waals surface area contributed by atoms with Crippen molar-refractivity contribution in [2.75, 3.05) is 24.2 Å². The van der Waals surface area contributed by atoms with Gasteiger partial charge in [-0.25, -0.2) is 4.98 Å². The molecule has 0 amide bonds. The molecule has 0 aliphatic carbocycles. The van der Waals surface area contributed by atoms with Gasteiger partial charge in [0.25, 0.3) is 0 Å². The first-order valence-electron chi connectivity index (χ1n) is 6.89. The molecule has 3 aromatic rings. The first-order valence-corrected chi connectivity index (χ1v) is 6.89. The second-order valence-electron chi connectivity index (χ2n) is 4.69. The summed E-state index contributed by atoms with van der Waals surface area (Å²) in [6, 6.07) is 17.7. The van der Waals surface area contributed by atoms with Crippen LogP contribution < -0.4 is 15.8 Å². The Morgan fingerprint density at radius 2 is 1.81 bits per heavy atom. The molecule has 0 aliphatic heterocycles. The summed E-state index contributed by atoms with van der Waals surface area (Å²) in [6.07, 6.45) is 1.81. The largest absolute Gasteiger partial charge is 0.490 e. The zero-order chi connectivity index (χ0) is 14.5. The van der Waals surface area contributed by atoms with E-state index in [-0.39, 0.29) is 0 Å². The number of nitrogen functional groups attached to an aromatic ring is 1. The first-order chi connectivity index (χ1) is 10.3. The molecule has 0 unspecified atom stereocenters. The minimum absolute atomic E-state index is 0.527. The van der Waals surface area contributed by atoms with Crippen molar-refractivity contribution in [2.45, 2.75) is 0 Å². The van der Waals surface area contributed by atoms with E-state index in [1.54, 1.807) is 6.20 Å². The molecule has 4 nitrogen and oxygen atoms in total. The van der Waals surface area contributed by atoms with Crippen molar-refractivity contribution in [3.8, 4) is 5.75 Å². The fourth-order valence-corrected chi connectivity index (χ4v) is 2.20. The molecule has 0 fully saturated rings. The van der Waals surface area contributed by atoms with Gasteiger partial charge < -0.3 is 15.8 Å². The standard InChI is InChI=1S/C17H17N3O/c18-15-7-3-4-8-16(15)21-12-11-20-17-14-6-2-1-5-13(14)9-10-19-17/h1-10H,11-12,18H2,(H,19,20). The molecule has 1 aromatic heterocycles. The summed E-state index contributed by atoms with van der Waals surface area (Å²) >= 11 is 0. The van der Waals surface area contributed by atoms with Gasteiger partial charge in [-0.2, -0.15) is 0 Å². The number of hydrogen-bond donors (Lipinski definition) is 2. The molecule has 0 atom stereocenters. The molecule has 21 heavy (non-hydrogen) atoms. The van der Waals surface area contributed by atoms with Crippen LogP contribution in [0.3, 0.4) is 0 Å². The third kappa shape index (κ3) is 3.05. The van der Waals surface area contributed by atoms with E-state index in [2.05, 4.69) is 22.4 Å². The van der Waals surface area contributed by atoms with Gasteiger partial charge in [0.1, 0.15) is 18.2 Å². The van der Waals surface area contributed by atoms with Crippen LogP contribution in [0.15, 0.2) is 60.8 Å². The molecule has 1 heterocycles. The number of aromatic nitrogens is 1. The fourth-order valence-electron chi connectivity index (χ4n) is 2.20. The smallest absolute Gasteiger partial charge is 0.142 e. The molecule has 106 valence electrons. The molecule has 4 heteroatoms. The number of rotatable bonds is 5. The second-order valence-corrected chi connectivity index (χ2v) is 4.69. The quantitative estimate of drug-likeness (QED) is 0.555. The lowest BCUT2D eigenvalue weighted by Gasteiger charge is -2.11. The zero-order valence-corrected chi connectivity index (χ0v) is 11.6. The highest BCUT2D eigenvalue weighted by Gasteiger charge is 2.02. The molecule has 0 aliphatic rings. The maximum atomic E-state index is 5.83. The SMILES string of the molecule is Nc1ccccc1OCCNc1nccc2ccccc12. The van der Waals surface area contributed by atoms with E-state index >= 15 is 0 Å². The fraction of sp³-hybridized carbons (Fsp3) is 0.118. The number of ether oxygens (including phenoxy) is 1. The molecular weight excluding hydrogens is 262 g/mol. The van der Waals surface area contributed by atoms with Crippen molar-refractivity contribution < 1.29 is 4.74 Å². The summed E-state index contributed by atoms with van der Waals surface area (Å²) in [5, 5.41) is 5.58. The van der Waals surface area contributed by atoms with Gasteiger partial charge in [0.2, 0.25) is 0 Å². The Kier molecular flexibility index (Phi) is 3.87. The Balaban J connectivity index is 1.61. The molecular formula is C17H17N3O. The summed E-state index contributed by atoms with van der Waals surface area (Å²) in [7, 11) is 0. The predicted octanol–water partition coefficient (Wildman–Crippen LogP) is 3.31. The third-order valence-electron chi connectivity index (χ3n) is 3.24. The van der Waals surface area contributed by atoms with Crippen LogP contribution in [0, 0.1) is 0 Å². The Morgan fingerprint density at radius 3 is 2.71 bits per heavy atom. The van der Waals surface area contributed by atoms with Crippen LogP contribution in [0.4, 0.5) is 11.5 Å². The number of para-hydroxylation sites is 2. The lowest BCUT2D eigenvalue weighted by Crippen LogP contribution is -2.13. The number of nitrogens with zero attached hydrogens (tertiary/aromatic N) is 1. The van der Waals surface area contributed by atoms with Crippen LogP contribution in [-0.4, -0.2) is 18.1 Å². The summed E-state index contributed by atoms with van der Waals surface area (Å²) < 4.78 is 5.66. The van der Waals surface area contributed by atoms with E-state index in [1.165, 1.54) is 5.39 Å². The molecule has 0 saturated heterocycles. The van der Waals surface area contributed by atoms with Crippen molar-refractivity contribution in [2.24, 2.45) is 0 Å². The maximum Gasteiger partial charge on any atom is 0.142 e. The summed E-state index contributed by atoms with van der Waals surface area (Å²) in [6.45, 7) is 1.19. The van der Waals surface area contributed by atoms with Crippen molar-refractivity contribution in [1.82, 2.24) is 4.98 Å². The van der Waals surface area contributed by atoms with E-state index in [1.807, 2.05) is 42.5 Å². The van der Waals surface area contributed by atoms with E-state index in [4.69, 9.17) is 10.5 Å². The van der Waals surface area contributed by atoms with Crippen LogP contribution in [0.5, 0.6) is 5.75 Å². The lowest BCUT2D eigenvalue weighted by atomic mass is 10.1. The summed E-state index contributed by atoms with van der Waals surface area (Å²) in [5.41, 5.74) is 6.48. The average molecular weight is 279 g/mol. The molecule has 3 N–H and O–H groups in total. The molecule has 0 radical (unpaired) electrons. The Morgan fingerprint density at radius 1 is 1.00 bits per heavy atom. The van der Waals surface area contributed by atoms with Crippen LogP contribution >= 0.6 is 0 Å². The minimum atomic E-state index is 0.527. The van der Waals surface area contributed by atoms with Crippen LogP contribution in [-0.2, 0) is 0 Å². The second kappa shape index (κ2) is 6.13. The molecule has 0 bridgehead atoms. The highest BCUT2D eigenvalue weighted by molar-refractivity contribution is 5.91. The normalized spacial score (nSPS) is 10.5. The highest BCUT2D eigenvalue weighted by atomic mass is 16.5. The van der Waals surface area contributed by atoms with E-state index in [0.717, 1.165) is 11.2 Å².